The Morgan fingerprint density at radius 2 is 1.40 bits per heavy atom. The van der Waals surface area contributed by atoms with Crippen LogP contribution in [0.3, 0.4) is 0 Å². The van der Waals surface area contributed by atoms with Crippen LogP contribution in [-0.4, -0.2) is 11.0 Å². The van der Waals surface area contributed by atoms with E-state index in [9.17, 15) is 4.79 Å². The Morgan fingerprint density at radius 3 is 2.16 bits per heavy atom. The average molecular weight is 325 g/mol. The number of hydrogen-bond donors (Lipinski definition) is 0. The van der Waals surface area contributed by atoms with Crippen molar-refractivity contribution >= 4 is 16.7 Å². The summed E-state index contributed by atoms with van der Waals surface area (Å²) in [6, 6.07) is 24.7. The molecule has 120 valence electrons. The van der Waals surface area contributed by atoms with E-state index in [1.54, 1.807) is 24.5 Å². The number of rotatable bonds is 3. The minimum Gasteiger partial charge on any atom is -0.422 e. The van der Waals surface area contributed by atoms with E-state index < -0.39 is 0 Å². The summed E-state index contributed by atoms with van der Waals surface area (Å²) in [5.41, 5.74) is 2.69. The molecule has 0 saturated carbocycles. The van der Waals surface area contributed by atoms with E-state index in [1.165, 1.54) is 0 Å². The molecule has 0 radical (unpaired) electrons. The highest BCUT2D eigenvalue weighted by molar-refractivity contribution is 6.02. The molecule has 3 aromatic carbocycles. The number of aromatic nitrogens is 1. The SMILES string of the molecule is O=C(Oc1ccc(-c2ccncc2)c2ccccc12)c1ccccc1. The van der Waals surface area contributed by atoms with Gasteiger partial charge < -0.3 is 4.74 Å². The molecule has 4 rings (SSSR count). The van der Waals surface area contributed by atoms with Crippen molar-refractivity contribution in [3.63, 3.8) is 0 Å². The molecule has 0 amide bonds. The van der Waals surface area contributed by atoms with Crippen molar-refractivity contribution in [2.45, 2.75) is 0 Å². The summed E-state index contributed by atoms with van der Waals surface area (Å²) in [6.45, 7) is 0. The highest BCUT2D eigenvalue weighted by atomic mass is 16.5. The summed E-state index contributed by atoms with van der Waals surface area (Å²) in [7, 11) is 0. The second-order valence-electron chi connectivity index (χ2n) is 5.65. The molecule has 0 bridgehead atoms. The van der Waals surface area contributed by atoms with Crippen LogP contribution in [0, 0.1) is 0 Å². The number of hydrogen-bond acceptors (Lipinski definition) is 3. The molecule has 0 spiro atoms. The Balaban J connectivity index is 1.78. The molecule has 1 aromatic heterocycles. The lowest BCUT2D eigenvalue weighted by Crippen LogP contribution is -2.08. The number of esters is 1. The predicted molar refractivity (Wildman–Crippen MR) is 98.6 cm³/mol. The third-order valence-electron chi connectivity index (χ3n) is 4.09. The van der Waals surface area contributed by atoms with Gasteiger partial charge >= 0.3 is 5.97 Å². The maximum Gasteiger partial charge on any atom is 0.343 e. The summed E-state index contributed by atoms with van der Waals surface area (Å²) in [5.74, 6) is 0.199. The van der Waals surface area contributed by atoms with E-state index in [0.29, 0.717) is 11.3 Å². The summed E-state index contributed by atoms with van der Waals surface area (Å²) >= 11 is 0. The van der Waals surface area contributed by atoms with Gasteiger partial charge in [0, 0.05) is 17.8 Å². The van der Waals surface area contributed by atoms with Gasteiger partial charge in [-0.15, -0.1) is 0 Å². The number of ether oxygens (including phenoxy) is 1. The smallest absolute Gasteiger partial charge is 0.343 e. The average Bonchev–Trinajstić information content (AvgIpc) is 2.69. The van der Waals surface area contributed by atoms with E-state index >= 15 is 0 Å². The second kappa shape index (κ2) is 6.57. The lowest BCUT2D eigenvalue weighted by atomic mass is 9.98. The Morgan fingerprint density at radius 1 is 0.720 bits per heavy atom. The number of fused-ring (bicyclic) bond motifs is 1. The Kier molecular flexibility index (Phi) is 3.97. The van der Waals surface area contributed by atoms with E-state index in [-0.39, 0.29) is 5.97 Å². The standard InChI is InChI=1S/C22H15NO2/c24-22(17-6-2-1-3-7-17)25-21-11-10-18(16-12-14-23-15-13-16)19-8-4-5-9-20(19)21/h1-15H. The zero-order valence-electron chi connectivity index (χ0n) is 13.4. The molecule has 0 saturated heterocycles. The first-order chi connectivity index (χ1) is 12.3. The van der Waals surface area contributed by atoms with Crippen LogP contribution in [0.2, 0.25) is 0 Å². The van der Waals surface area contributed by atoms with E-state index in [2.05, 4.69) is 4.98 Å². The minimum absolute atomic E-state index is 0.359. The van der Waals surface area contributed by atoms with Crippen molar-refractivity contribution < 1.29 is 9.53 Å². The molecule has 3 heteroatoms. The van der Waals surface area contributed by atoms with Gasteiger partial charge in [-0.05, 0) is 46.8 Å². The molecule has 0 aliphatic rings. The van der Waals surface area contributed by atoms with Crippen LogP contribution in [0.25, 0.3) is 21.9 Å². The van der Waals surface area contributed by atoms with Gasteiger partial charge in [-0.2, -0.15) is 0 Å². The lowest BCUT2D eigenvalue weighted by Gasteiger charge is -2.12. The summed E-state index contributed by atoms with van der Waals surface area (Å²) in [5, 5.41) is 1.94. The van der Waals surface area contributed by atoms with Crippen LogP contribution in [0.4, 0.5) is 0 Å². The van der Waals surface area contributed by atoms with Gasteiger partial charge in [-0.25, -0.2) is 4.79 Å². The fourth-order valence-corrected chi connectivity index (χ4v) is 2.88. The quantitative estimate of drug-likeness (QED) is 0.387. The fraction of sp³-hybridized carbons (Fsp3) is 0. The number of benzene rings is 3. The van der Waals surface area contributed by atoms with Crippen molar-refractivity contribution in [2.75, 3.05) is 0 Å². The van der Waals surface area contributed by atoms with Crippen molar-refractivity contribution in [3.05, 3.63) is 96.8 Å². The lowest BCUT2D eigenvalue weighted by molar-refractivity contribution is 0.0737. The normalized spacial score (nSPS) is 10.6. The molecule has 0 N–H and O–H groups in total. The minimum atomic E-state index is -0.359. The molecular formula is C22H15NO2. The molecule has 0 aliphatic heterocycles. The van der Waals surface area contributed by atoms with Gasteiger partial charge in [0.25, 0.3) is 0 Å². The molecule has 0 fully saturated rings. The zero-order valence-corrected chi connectivity index (χ0v) is 13.4. The van der Waals surface area contributed by atoms with E-state index in [0.717, 1.165) is 21.9 Å². The van der Waals surface area contributed by atoms with Crippen molar-refractivity contribution in [1.29, 1.82) is 0 Å². The topological polar surface area (TPSA) is 39.2 Å². The van der Waals surface area contributed by atoms with Crippen LogP contribution >= 0.6 is 0 Å². The number of carbonyl (C=O) groups excluding carboxylic acids is 1. The highest BCUT2D eigenvalue weighted by Crippen LogP contribution is 2.34. The summed E-state index contributed by atoms with van der Waals surface area (Å²) in [6.07, 6.45) is 3.54. The molecule has 0 unspecified atom stereocenters. The molecule has 0 aliphatic carbocycles. The monoisotopic (exact) mass is 325 g/mol. The molecule has 3 nitrogen and oxygen atoms in total. The summed E-state index contributed by atoms with van der Waals surface area (Å²) < 4.78 is 5.65. The van der Waals surface area contributed by atoms with Gasteiger partial charge in [-0.1, -0.05) is 48.5 Å². The molecular weight excluding hydrogens is 310 g/mol. The third kappa shape index (κ3) is 3.00. The van der Waals surface area contributed by atoms with E-state index in [4.69, 9.17) is 4.74 Å². The number of pyridine rings is 1. The zero-order chi connectivity index (χ0) is 17.1. The van der Waals surface area contributed by atoms with Gasteiger partial charge in [0.1, 0.15) is 5.75 Å². The van der Waals surface area contributed by atoms with Gasteiger partial charge in [0.2, 0.25) is 0 Å². The van der Waals surface area contributed by atoms with Crippen LogP contribution in [0.15, 0.2) is 91.3 Å². The largest absolute Gasteiger partial charge is 0.422 e. The Labute approximate surface area is 145 Å². The molecule has 0 atom stereocenters. The molecule has 1 heterocycles. The Bertz CT molecular complexity index is 1030. The molecule has 25 heavy (non-hydrogen) atoms. The van der Waals surface area contributed by atoms with E-state index in [1.807, 2.05) is 66.7 Å². The summed E-state index contributed by atoms with van der Waals surface area (Å²) in [4.78, 5) is 16.5. The second-order valence-corrected chi connectivity index (χ2v) is 5.65. The Hall–Kier alpha value is -3.46. The first kappa shape index (κ1) is 15.1. The van der Waals surface area contributed by atoms with Crippen LogP contribution in [-0.2, 0) is 0 Å². The number of carbonyl (C=O) groups is 1. The van der Waals surface area contributed by atoms with Crippen LogP contribution < -0.4 is 4.74 Å². The maximum absolute atomic E-state index is 12.4. The molecule has 4 aromatic rings. The van der Waals surface area contributed by atoms with Crippen molar-refractivity contribution in [2.24, 2.45) is 0 Å². The van der Waals surface area contributed by atoms with Crippen LogP contribution in [0.1, 0.15) is 10.4 Å². The van der Waals surface area contributed by atoms with Gasteiger partial charge in [0.15, 0.2) is 0 Å². The maximum atomic E-state index is 12.4. The predicted octanol–water partition coefficient (Wildman–Crippen LogP) is 5.12. The highest BCUT2D eigenvalue weighted by Gasteiger charge is 2.13. The van der Waals surface area contributed by atoms with Crippen molar-refractivity contribution in [3.8, 4) is 16.9 Å². The fourth-order valence-electron chi connectivity index (χ4n) is 2.88. The first-order valence-corrected chi connectivity index (χ1v) is 8.02. The van der Waals surface area contributed by atoms with Crippen molar-refractivity contribution in [1.82, 2.24) is 4.98 Å². The third-order valence-corrected chi connectivity index (χ3v) is 4.09. The first-order valence-electron chi connectivity index (χ1n) is 8.02. The van der Waals surface area contributed by atoms with Crippen LogP contribution in [0.5, 0.6) is 5.75 Å². The van der Waals surface area contributed by atoms with Gasteiger partial charge in [0.05, 0.1) is 5.56 Å². The van der Waals surface area contributed by atoms with Gasteiger partial charge in [-0.3, -0.25) is 4.98 Å². The number of nitrogens with zero attached hydrogens (tertiary/aromatic N) is 1.